The molecule has 0 unspecified atom stereocenters. The van der Waals surface area contributed by atoms with E-state index < -0.39 is 53.6 Å². The van der Waals surface area contributed by atoms with Gasteiger partial charge in [-0.2, -0.15) is 0 Å². The molecule has 2 aromatic rings. The van der Waals surface area contributed by atoms with Crippen LogP contribution in [0.2, 0.25) is 0 Å². The van der Waals surface area contributed by atoms with Crippen molar-refractivity contribution in [1.82, 2.24) is 10.0 Å². The molecule has 168 valence electrons. The Kier molecular flexibility index (Phi) is 7.35. The number of hydrogen-bond donors (Lipinski definition) is 4. The summed E-state index contributed by atoms with van der Waals surface area (Å²) in [5.74, 6) is -4.30. The molecule has 11 nitrogen and oxygen atoms in total. The minimum absolute atomic E-state index is 0.0208. The number of carbonyl (C=O) groups is 3. The first-order valence-corrected chi connectivity index (χ1v) is 9.20. The summed E-state index contributed by atoms with van der Waals surface area (Å²) in [6, 6.07) is 8.05. The number of esters is 2. The molecule has 1 heterocycles. The van der Waals surface area contributed by atoms with Crippen molar-refractivity contribution in [3.05, 3.63) is 42.0 Å². The minimum atomic E-state index is -1.54. The van der Waals surface area contributed by atoms with E-state index in [0.29, 0.717) is 0 Å². The molecule has 31 heavy (non-hydrogen) atoms. The molecule has 4 N–H and O–H groups in total. The average molecular weight is 436 g/mol. The highest BCUT2D eigenvalue weighted by Crippen LogP contribution is 2.33. The van der Waals surface area contributed by atoms with Gasteiger partial charge in [-0.1, -0.05) is 30.3 Å². The first-order chi connectivity index (χ1) is 14.5. The van der Waals surface area contributed by atoms with E-state index >= 15 is 0 Å². The van der Waals surface area contributed by atoms with Crippen LogP contribution in [-0.4, -0.2) is 49.8 Å². The maximum absolute atomic E-state index is 12.5. The third-order valence-corrected chi connectivity index (χ3v) is 3.70. The number of aromatic hydroxyl groups is 2. The summed E-state index contributed by atoms with van der Waals surface area (Å²) in [4.78, 5) is 36.8. The van der Waals surface area contributed by atoms with Gasteiger partial charge >= 0.3 is 18.0 Å². The van der Waals surface area contributed by atoms with Crippen LogP contribution in [-0.2, 0) is 25.7 Å². The zero-order chi connectivity index (χ0) is 23.2. The molecule has 0 saturated carbocycles. The number of ether oxygens (including phenoxy) is 3. The van der Waals surface area contributed by atoms with Crippen LogP contribution in [0, 0.1) is 0 Å². The van der Waals surface area contributed by atoms with Gasteiger partial charge in [-0.05, 0) is 26.3 Å². The van der Waals surface area contributed by atoms with Crippen LogP contribution < -0.4 is 10.1 Å². The van der Waals surface area contributed by atoms with Gasteiger partial charge < -0.3 is 34.9 Å². The number of benzene rings is 1. The molecule has 0 aliphatic heterocycles. The molecule has 0 radical (unpaired) electrons. The zero-order valence-corrected chi connectivity index (χ0v) is 17.2. The number of amides is 1. The van der Waals surface area contributed by atoms with E-state index in [1.165, 1.54) is 0 Å². The fourth-order valence-electron chi connectivity index (χ4n) is 2.32. The summed E-state index contributed by atoms with van der Waals surface area (Å²) in [6.45, 7) is 4.78. The highest BCUT2D eigenvalue weighted by molar-refractivity contribution is 5.87. The lowest BCUT2D eigenvalue weighted by Gasteiger charge is -2.22. The second kappa shape index (κ2) is 9.74. The lowest BCUT2D eigenvalue weighted by Crippen LogP contribution is -2.46. The van der Waals surface area contributed by atoms with Gasteiger partial charge in [0.05, 0.1) is 12.5 Å². The van der Waals surface area contributed by atoms with E-state index in [4.69, 9.17) is 14.2 Å². The molecule has 0 aliphatic rings. The van der Waals surface area contributed by atoms with Gasteiger partial charge in [-0.3, -0.25) is 4.79 Å². The molecule has 0 fully saturated rings. The number of nitrogens with one attached hydrogen (secondary N) is 1. The van der Waals surface area contributed by atoms with E-state index in [1.54, 1.807) is 51.1 Å². The van der Waals surface area contributed by atoms with Gasteiger partial charge in [0.1, 0.15) is 18.2 Å². The molecule has 0 saturated heterocycles. The van der Waals surface area contributed by atoms with Crippen LogP contribution in [0.3, 0.4) is 0 Å². The van der Waals surface area contributed by atoms with E-state index in [2.05, 4.69) is 5.32 Å². The normalized spacial score (nSPS) is 12.0. The Morgan fingerprint density at radius 3 is 2.32 bits per heavy atom. The quantitative estimate of drug-likeness (QED) is 0.377. The predicted octanol–water partition coefficient (Wildman–Crippen LogP) is 2.07. The maximum Gasteiger partial charge on any atom is 0.408 e. The fraction of sp³-hybridized carbons (Fsp3) is 0.350. The molecule has 0 aliphatic carbocycles. The predicted molar refractivity (Wildman–Crippen MR) is 105 cm³/mol. The molecule has 1 atom stereocenters. The van der Waals surface area contributed by atoms with E-state index in [9.17, 15) is 29.8 Å². The second-order valence-electron chi connectivity index (χ2n) is 7.47. The molecule has 11 heteroatoms. The van der Waals surface area contributed by atoms with Crippen molar-refractivity contribution >= 4 is 18.0 Å². The van der Waals surface area contributed by atoms with Crippen LogP contribution in [0.25, 0.3) is 0 Å². The maximum atomic E-state index is 12.5. The highest BCUT2D eigenvalue weighted by Gasteiger charge is 2.30. The van der Waals surface area contributed by atoms with Crippen molar-refractivity contribution in [2.24, 2.45) is 0 Å². The van der Waals surface area contributed by atoms with Crippen LogP contribution in [0.5, 0.6) is 17.5 Å². The van der Waals surface area contributed by atoms with Crippen LogP contribution >= 0.6 is 0 Å². The Morgan fingerprint density at radius 1 is 1.13 bits per heavy atom. The molecule has 0 spiro atoms. The average Bonchev–Trinajstić information content (AvgIpc) is 2.92. The third-order valence-electron chi connectivity index (χ3n) is 3.70. The van der Waals surface area contributed by atoms with Crippen molar-refractivity contribution in [2.75, 3.05) is 0 Å². The molecular weight excluding hydrogens is 412 g/mol. The molecule has 1 aromatic heterocycles. The monoisotopic (exact) mass is 436 g/mol. The van der Waals surface area contributed by atoms with Crippen LogP contribution in [0.1, 0.15) is 32.8 Å². The van der Waals surface area contributed by atoms with E-state index in [0.717, 1.165) is 11.6 Å². The Hall–Kier alpha value is -3.89. The zero-order valence-electron chi connectivity index (χ0n) is 17.2. The summed E-state index contributed by atoms with van der Waals surface area (Å²) in [6.07, 6.45) is -1.59. The van der Waals surface area contributed by atoms with Crippen molar-refractivity contribution in [3.63, 3.8) is 0 Å². The second-order valence-corrected chi connectivity index (χ2v) is 7.47. The minimum Gasteiger partial charge on any atom is -0.492 e. The molecular formula is C20H24N2O9. The highest BCUT2D eigenvalue weighted by atomic mass is 16.6. The van der Waals surface area contributed by atoms with Crippen molar-refractivity contribution in [1.29, 1.82) is 0 Å². The Morgan fingerprint density at radius 2 is 1.77 bits per heavy atom. The third kappa shape index (κ3) is 7.14. The summed E-state index contributed by atoms with van der Waals surface area (Å²) in [5, 5.41) is 30.6. The molecule has 2 rings (SSSR count). The van der Waals surface area contributed by atoms with Crippen molar-refractivity contribution in [3.8, 4) is 17.5 Å². The van der Waals surface area contributed by atoms with Crippen molar-refractivity contribution in [2.45, 2.75) is 45.4 Å². The van der Waals surface area contributed by atoms with Crippen LogP contribution in [0.4, 0.5) is 4.79 Å². The van der Waals surface area contributed by atoms with Gasteiger partial charge in [0, 0.05) is 0 Å². The molecule has 0 bridgehead atoms. The largest absolute Gasteiger partial charge is 0.492 e. The first-order valence-electron chi connectivity index (χ1n) is 9.20. The SMILES string of the molecule is CC(C)(C)OC(=O)N[C@@H](CC(=O)OCc1ccccc1)C(=O)Oc1cc(O)n(O)c1O. The van der Waals surface area contributed by atoms with Gasteiger partial charge in [-0.25, -0.2) is 9.59 Å². The summed E-state index contributed by atoms with van der Waals surface area (Å²) in [7, 11) is 0. The lowest BCUT2D eigenvalue weighted by molar-refractivity contribution is -0.149. The van der Waals surface area contributed by atoms with Gasteiger partial charge in [0.2, 0.25) is 5.88 Å². The van der Waals surface area contributed by atoms with E-state index in [-0.39, 0.29) is 11.3 Å². The number of carbonyl (C=O) groups excluding carboxylic acids is 3. The number of nitrogens with zero attached hydrogens (tertiary/aromatic N) is 1. The van der Waals surface area contributed by atoms with Gasteiger partial charge in [0.15, 0.2) is 5.75 Å². The fourth-order valence-corrected chi connectivity index (χ4v) is 2.32. The number of rotatable bonds is 7. The van der Waals surface area contributed by atoms with Crippen LogP contribution in [0.15, 0.2) is 36.4 Å². The Bertz CT molecular complexity index is 932. The number of alkyl carbamates (subject to hydrolysis) is 1. The number of aromatic nitrogens is 1. The molecule has 1 amide bonds. The van der Waals surface area contributed by atoms with E-state index in [1.807, 2.05) is 0 Å². The Balaban J connectivity index is 2.08. The summed E-state index contributed by atoms with van der Waals surface area (Å²) < 4.78 is 15.1. The first kappa shape index (κ1) is 23.4. The van der Waals surface area contributed by atoms with Gasteiger partial charge in [0.25, 0.3) is 5.88 Å². The topological polar surface area (TPSA) is 157 Å². The number of hydrogen-bond acceptors (Lipinski definition) is 9. The summed E-state index contributed by atoms with van der Waals surface area (Å²) >= 11 is 0. The Labute approximate surface area is 177 Å². The summed E-state index contributed by atoms with van der Waals surface area (Å²) in [5.41, 5.74) is -0.149. The van der Waals surface area contributed by atoms with Gasteiger partial charge in [-0.15, -0.1) is 4.73 Å². The van der Waals surface area contributed by atoms with Crippen molar-refractivity contribution < 1.29 is 44.0 Å². The molecule has 1 aromatic carbocycles. The standard InChI is InChI=1S/C20H24N2O9/c1-20(2,3)31-19(27)21-13(9-16(24)29-11-12-7-5-4-6-8-12)18(26)30-14-10-15(23)22(28)17(14)25/h4-8,10,13,23,25,28H,9,11H2,1-3H3,(H,21,27)/t13-/m0/s1. The lowest BCUT2D eigenvalue weighted by atomic mass is 10.2. The smallest absolute Gasteiger partial charge is 0.408 e.